The maximum atomic E-state index is 13.1. The molecule has 0 aliphatic heterocycles. The normalized spacial score (nSPS) is 13.0. The molecular formula is C21H18N2O3. The summed E-state index contributed by atoms with van der Waals surface area (Å²) < 4.78 is 1.55. The molecule has 4 rings (SSSR count). The van der Waals surface area contributed by atoms with Gasteiger partial charge in [0.1, 0.15) is 5.69 Å². The van der Waals surface area contributed by atoms with E-state index in [-0.39, 0.29) is 17.3 Å². The molecule has 1 aliphatic carbocycles. The third-order valence-corrected chi connectivity index (χ3v) is 4.92. The molecule has 130 valence electrons. The Labute approximate surface area is 150 Å². The fraction of sp³-hybridized carbons (Fsp3) is 0.238. The van der Waals surface area contributed by atoms with Crippen LogP contribution >= 0.6 is 0 Å². The molecule has 0 fully saturated rings. The van der Waals surface area contributed by atoms with Crippen molar-refractivity contribution in [2.45, 2.75) is 26.2 Å². The molecule has 0 saturated heterocycles. The quantitative estimate of drug-likeness (QED) is 0.528. The highest BCUT2D eigenvalue weighted by molar-refractivity contribution is 6.32. The molecule has 0 saturated carbocycles. The van der Waals surface area contributed by atoms with E-state index in [9.17, 15) is 14.4 Å². The van der Waals surface area contributed by atoms with E-state index in [2.05, 4.69) is 5.10 Å². The first kappa shape index (κ1) is 16.4. The molecular weight excluding hydrogens is 328 g/mol. The zero-order chi connectivity index (χ0) is 18.4. The summed E-state index contributed by atoms with van der Waals surface area (Å²) in [5.41, 5.74) is 2.46. The highest BCUT2D eigenvalue weighted by Gasteiger charge is 2.33. The van der Waals surface area contributed by atoms with Crippen molar-refractivity contribution >= 4 is 28.3 Å². The number of carbonyl (C=O) groups excluding carboxylic acids is 3. The van der Waals surface area contributed by atoms with Crippen LogP contribution in [0.5, 0.6) is 0 Å². The second-order valence-electron chi connectivity index (χ2n) is 6.59. The zero-order valence-corrected chi connectivity index (χ0v) is 14.7. The van der Waals surface area contributed by atoms with Gasteiger partial charge in [-0.05, 0) is 18.6 Å². The Hall–Kier alpha value is -3.08. The van der Waals surface area contributed by atoms with Crippen LogP contribution in [-0.2, 0) is 7.05 Å². The van der Waals surface area contributed by atoms with E-state index in [0.717, 1.165) is 12.8 Å². The Bertz CT molecular complexity index is 1090. The number of ketones is 3. The van der Waals surface area contributed by atoms with Gasteiger partial charge in [0, 0.05) is 35.5 Å². The summed E-state index contributed by atoms with van der Waals surface area (Å²) in [6.45, 7) is 2.03. The minimum atomic E-state index is -0.198. The number of benzene rings is 2. The van der Waals surface area contributed by atoms with Crippen LogP contribution < -0.4 is 0 Å². The van der Waals surface area contributed by atoms with Gasteiger partial charge in [0.15, 0.2) is 17.3 Å². The van der Waals surface area contributed by atoms with Crippen molar-refractivity contribution in [2.24, 2.45) is 7.05 Å². The maximum absolute atomic E-state index is 13.1. The number of Topliss-reactive ketones (excluding diaryl/α,β-unsaturated/α-hetero) is 1. The predicted molar refractivity (Wildman–Crippen MR) is 97.9 cm³/mol. The number of fused-ring (bicyclic) bond motifs is 4. The second kappa shape index (κ2) is 6.02. The Morgan fingerprint density at radius 2 is 1.69 bits per heavy atom. The average Bonchev–Trinajstić information content (AvgIpc) is 3.00. The predicted octanol–water partition coefficient (Wildman–Crippen LogP) is 3.72. The molecule has 0 radical (unpaired) electrons. The van der Waals surface area contributed by atoms with Crippen LogP contribution in [-0.4, -0.2) is 27.1 Å². The van der Waals surface area contributed by atoms with Crippen LogP contribution in [0.2, 0.25) is 0 Å². The van der Waals surface area contributed by atoms with Crippen molar-refractivity contribution in [3.05, 3.63) is 64.3 Å². The smallest absolute Gasteiger partial charge is 0.196 e. The molecule has 0 atom stereocenters. The Balaban J connectivity index is 1.96. The summed E-state index contributed by atoms with van der Waals surface area (Å²) in [5, 5.41) is 5.00. The van der Waals surface area contributed by atoms with E-state index in [1.165, 1.54) is 0 Å². The van der Waals surface area contributed by atoms with Gasteiger partial charge in [0.2, 0.25) is 0 Å². The largest absolute Gasteiger partial charge is 0.292 e. The molecule has 5 nitrogen and oxygen atoms in total. The zero-order valence-electron chi connectivity index (χ0n) is 14.7. The molecule has 26 heavy (non-hydrogen) atoms. The van der Waals surface area contributed by atoms with E-state index >= 15 is 0 Å². The van der Waals surface area contributed by atoms with E-state index in [1.54, 1.807) is 48.1 Å². The molecule has 3 aromatic rings. The molecule has 0 unspecified atom stereocenters. The number of rotatable bonds is 4. The minimum Gasteiger partial charge on any atom is -0.292 e. The van der Waals surface area contributed by atoms with Crippen LogP contribution in [0.25, 0.3) is 10.9 Å². The van der Waals surface area contributed by atoms with E-state index < -0.39 is 0 Å². The van der Waals surface area contributed by atoms with Crippen LogP contribution in [0.4, 0.5) is 0 Å². The average molecular weight is 346 g/mol. The molecule has 1 aromatic heterocycles. The van der Waals surface area contributed by atoms with E-state index in [4.69, 9.17) is 0 Å². The number of hydrogen-bond donors (Lipinski definition) is 0. The Morgan fingerprint density at radius 3 is 2.38 bits per heavy atom. The molecule has 2 aromatic carbocycles. The van der Waals surface area contributed by atoms with Gasteiger partial charge in [0.05, 0.1) is 11.1 Å². The number of hydrogen-bond acceptors (Lipinski definition) is 4. The van der Waals surface area contributed by atoms with Crippen LogP contribution in [0.1, 0.15) is 68.5 Å². The molecule has 5 heteroatoms. The molecule has 0 N–H and O–H groups in total. The van der Waals surface area contributed by atoms with Crippen molar-refractivity contribution in [3.8, 4) is 0 Å². The highest BCUT2D eigenvalue weighted by Crippen LogP contribution is 2.33. The lowest BCUT2D eigenvalue weighted by Crippen LogP contribution is -2.21. The molecule has 1 aliphatic rings. The summed E-state index contributed by atoms with van der Waals surface area (Å²) >= 11 is 0. The number of carbonyl (C=O) groups is 3. The summed E-state index contributed by atoms with van der Waals surface area (Å²) in [7, 11) is 1.71. The van der Waals surface area contributed by atoms with Gasteiger partial charge in [-0.3, -0.25) is 19.1 Å². The van der Waals surface area contributed by atoms with Gasteiger partial charge in [-0.1, -0.05) is 37.6 Å². The third-order valence-electron chi connectivity index (χ3n) is 4.92. The van der Waals surface area contributed by atoms with Crippen molar-refractivity contribution in [2.75, 3.05) is 0 Å². The number of aryl methyl sites for hydroxylation is 1. The first-order valence-corrected chi connectivity index (χ1v) is 8.76. The summed E-state index contributed by atoms with van der Waals surface area (Å²) in [6.07, 6.45) is 2.15. The van der Waals surface area contributed by atoms with Gasteiger partial charge in [-0.15, -0.1) is 0 Å². The first-order valence-electron chi connectivity index (χ1n) is 8.76. The lowest BCUT2D eigenvalue weighted by molar-refractivity contribution is 0.0974. The molecule has 0 spiro atoms. The van der Waals surface area contributed by atoms with E-state index in [1.807, 2.05) is 6.92 Å². The fourth-order valence-electron chi connectivity index (χ4n) is 3.61. The van der Waals surface area contributed by atoms with Crippen LogP contribution in [0, 0.1) is 0 Å². The Morgan fingerprint density at radius 1 is 1.00 bits per heavy atom. The van der Waals surface area contributed by atoms with Gasteiger partial charge < -0.3 is 0 Å². The topological polar surface area (TPSA) is 69.0 Å². The maximum Gasteiger partial charge on any atom is 0.196 e. The number of unbranched alkanes of at least 4 members (excludes halogenated alkanes) is 1. The second-order valence-corrected chi connectivity index (χ2v) is 6.59. The van der Waals surface area contributed by atoms with Gasteiger partial charge in [-0.2, -0.15) is 5.10 Å². The number of aromatic nitrogens is 2. The van der Waals surface area contributed by atoms with Gasteiger partial charge in [-0.25, -0.2) is 0 Å². The van der Waals surface area contributed by atoms with Crippen molar-refractivity contribution in [1.29, 1.82) is 0 Å². The van der Waals surface area contributed by atoms with E-state index in [0.29, 0.717) is 45.3 Å². The van der Waals surface area contributed by atoms with Crippen LogP contribution in [0.15, 0.2) is 36.4 Å². The fourth-order valence-corrected chi connectivity index (χ4v) is 3.61. The molecule has 1 heterocycles. The minimum absolute atomic E-state index is 0.0348. The summed E-state index contributed by atoms with van der Waals surface area (Å²) in [4.78, 5) is 38.4. The van der Waals surface area contributed by atoms with Gasteiger partial charge in [0.25, 0.3) is 0 Å². The lowest BCUT2D eigenvalue weighted by Gasteiger charge is -2.18. The van der Waals surface area contributed by atoms with Crippen LogP contribution in [0.3, 0.4) is 0 Å². The van der Waals surface area contributed by atoms with Crippen molar-refractivity contribution < 1.29 is 14.4 Å². The first-order chi connectivity index (χ1) is 12.5. The monoisotopic (exact) mass is 346 g/mol. The SMILES string of the molecule is CCCCC(=O)c1nn(C)c2c3c(ccc12)C(=O)c1ccccc1C3=O. The molecule has 0 bridgehead atoms. The summed E-state index contributed by atoms with van der Waals surface area (Å²) in [6, 6.07) is 10.2. The standard InChI is InChI=1S/C21H18N2O3/c1-3-4-9-16(24)18-15-11-10-14-17(19(15)23(2)22-18)21(26)13-8-6-5-7-12(13)20(14)25/h5-8,10-11H,3-4,9H2,1-2H3. The van der Waals surface area contributed by atoms with Crippen molar-refractivity contribution in [3.63, 3.8) is 0 Å². The number of nitrogens with zero attached hydrogens (tertiary/aromatic N) is 2. The molecule has 0 amide bonds. The van der Waals surface area contributed by atoms with Gasteiger partial charge >= 0.3 is 0 Å². The third kappa shape index (κ3) is 2.24. The van der Waals surface area contributed by atoms with Crippen molar-refractivity contribution in [1.82, 2.24) is 9.78 Å². The Kier molecular flexibility index (Phi) is 3.80. The summed E-state index contributed by atoms with van der Waals surface area (Å²) in [5.74, 6) is -0.402. The highest BCUT2D eigenvalue weighted by atomic mass is 16.1. The lowest BCUT2D eigenvalue weighted by atomic mass is 9.83.